The molecule has 2 aromatic carbocycles. The van der Waals surface area contributed by atoms with Gasteiger partial charge in [0.1, 0.15) is 17.4 Å². The molecular weight excluding hydrogens is 472 g/mol. The van der Waals surface area contributed by atoms with Crippen molar-refractivity contribution < 1.29 is 9.53 Å². The Bertz CT molecular complexity index is 1020. The van der Waals surface area contributed by atoms with Crippen LogP contribution < -0.4 is 4.74 Å². The van der Waals surface area contributed by atoms with Crippen molar-refractivity contribution in [1.82, 2.24) is 9.88 Å². The average Bonchev–Trinajstić information content (AvgIpc) is 3.22. The summed E-state index contributed by atoms with van der Waals surface area (Å²) in [4.78, 5) is 19.8. The highest BCUT2D eigenvalue weighted by atomic mass is 79.9. The van der Waals surface area contributed by atoms with Gasteiger partial charge in [0.2, 0.25) is 0 Å². The zero-order valence-electron chi connectivity index (χ0n) is 18.5. The summed E-state index contributed by atoms with van der Waals surface area (Å²) in [5, 5.41) is 2.93. The van der Waals surface area contributed by atoms with Crippen molar-refractivity contribution in [2.75, 3.05) is 0 Å². The highest BCUT2D eigenvalue weighted by molar-refractivity contribution is 9.10. The van der Waals surface area contributed by atoms with Crippen LogP contribution in [-0.2, 0) is 13.2 Å². The van der Waals surface area contributed by atoms with E-state index < -0.39 is 0 Å². The molecule has 1 heterocycles. The zero-order chi connectivity index (χ0) is 22.4. The van der Waals surface area contributed by atoms with Crippen LogP contribution in [0, 0.1) is 0 Å². The van der Waals surface area contributed by atoms with Crippen molar-refractivity contribution >= 4 is 33.2 Å². The van der Waals surface area contributed by atoms with Crippen molar-refractivity contribution in [3.05, 3.63) is 80.2 Å². The van der Waals surface area contributed by atoms with E-state index in [4.69, 9.17) is 9.72 Å². The highest BCUT2D eigenvalue weighted by Gasteiger charge is 2.22. The Morgan fingerprint density at radius 3 is 2.65 bits per heavy atom. The molecule has 0 N–H and O–H groups in total. The molecule has 6 heteroatoms. The number of nitrogens with zero attached hydrogens (tertiary/aromatic N) is 2. The number of amides is 1. The lowest BCUT2D eigenvalue weighted by Gasteiger charge is -2.28. The van der Waals surface area contributed by atoms with Gasteiger partial charge in [0.15, 0.2) is 0 Å². The van der Waals surface area contributed by atoms with E-state index in [-0.39, 0.29) is 11.9 Å². The molecule has 0 aliphatic rings. The molecule has 3 rings (SSSR count). The first-order valence-corrected chi connectivity index (χ1v) is 12.3. The van der Waals surface area contributed by atoms with Crippen LogP contribution in [0.4, 0.5) is 0 Å². The lowest BCUT2D eigenvalue weighted by atomic mass is 10.0. The summed E-state index contributed by atoms with van der Waals surface area (Å²) in [5.74, 6) is 1.32. The van der Waals surface area contributed by atoms with E-state index in [1.807, 2.05) is 52.7 Å². The maximum atomic E-state index is 13.2. The number of aromatic nitrogens is 1. The third kappa shape index (κ3) is 6.17. The van der Waals surface area contributed by atoms with Crippen LogP contribution in [0.2, 0.25) is 0 Å². The van der Waals surface area contributed by atoms with Crippen LogP contribution in [0.15, 0.2) is 58.4 Å². The molecule has 0 saturated heterocycles. The first kappa shape index (κ1) is 23.5. The molecule has 0 aliphatic heterocycles. The van der Waals surface area contributed by atoms with Gasteiger partial charge < -0.3 is 9.64 Å². The second kappa shape index (κ2) is 10.9. The number of benzene rings is 2. The van der Waals surface area contributed by atoms with Gasteiger partial charge in [-0.2, -0.15) is 0 Å². The number of para-hydroxylation sites is 1. The SMILES string of the molecule is CCC(C)N(Cc1csc(COc2ccccc2C(C)C)n1)C(=O)c1cccc(Br)c1. The molecule has 31 heavy (non-hydrogen) atoms. The first-order valence-electron chi connectivity index (χ1n) is 10.6. The molecule has 0 fully saturated rings. The van der Waals surface area contributed by atoms with E-state index in [9.17, 15) is 4.79 Å². The summed E-state index contributed by atoms with van der Waals surface area (Å²) in [5.41, 5.74) is 2.77. The van der Waals surface area contributed by atoms with Crippen LogP contribution in [-0.4, -0.2) is 21.8 Å². The fourth-order valence-corrected chi connectivity index (χ4v) is 4.42. The largest absolute Gasteiger partial charge is 0.486 e. The number of carbonyl (C=O) groups excluding carboxylic acids is 1. The minimum Gasteiger partial charge on any atom is -0.486 e. The molecule has 1 unspecified atom stereocenters. The summed E-state index contributed by atoms with van der Waals surface area (Å²) in [6, 6.07) is 15.8. The second-order valence-electron chi connectivity index (χ2n) is 7.91. The molecule has 3 aromatic rings. The second-order valence-corrected chi connectivity index (χ2v) is 9.77. The van der Waals surface area contributed by atoms with Crippen molar-refractivity contribution in [2.45, 2.75) is 59.2 Å². The van der Waals surface area contributed by atoms with E-state index >= 15 is 0 Å². The molecule has 0 radical (unpaired) electrons. The van der Waals surface area contributed by atoms with Gasteiger partial charge in [-0.05, 0) is 49.1 Å². The molecule has 1 atom stereocenters. The van der Waals surface area contributed by atoms with E-state index in [0.29, 0.717) is 24.6 Å². The van der Waals surface area contributed by atoms with Crippen LogP contribution in [0.3, 0.4) is 0 Å². The Morgan fingerprint density at radius 2 is 1.94 bits per heavy atom. The fourth-order valence-electron chi connectivity index (χ4n) is 3.33. The minimum absolute atomic E-state index is 0.0207. The quantitative estimate of drug-likeness (QED) is 0.316. The predicted molar refractivity (Wildman–Crippen MR) is 131 cm³/mol. The minimum atomic E-state index is 0.0207. The standard InChI is InChI=1S/C25H29BrN2O2S/c1-5-18(4)28(25(29)19-9-8-10-20(26)13-19)14-21-16-31-24(27-21)15-30-23-12-7-6-11-22(23)17(2)3/h6-13,16-18H,5,14-15H2,1-4H3. The van der Waals surface area contributed by atoms with Crippen molar-refractivity contribution in [3.8, 4) is 5.75 Å². The monoisotopic (exact) mass is 500 g/mol. The third-order valence-corrected chi connectivity index (χ3v) is 6.64. The van der Waals surface area contributed by atoms with Gasteiger partial charge >= 0.3 is 0 Å². The molecule has 4 nitrogen and oxygen atoms in total. The average molecular weight is 501 g/mol. The molecule has 0 bridgehead atoms. The van der Waals surface area contributed by atoms with E-state index in [0.717, 1.165) is 27.3 Å². The molecule has 0 spiro atoms. The van der Waals surface area contributed by atoms with Crippen LogP contribution in [0.1, 0.15) is 66.7 Å². The van der Waals surface area contributed by atoms with Gasteiger partial charge in [0.25, 0.3) is 5.91 Å². The van der Waals surface area contributed by atoms with Gasteiger partial charge in [-0.15, -0.1) is 11.3 Å². The van der Waals surface area contributed by atoms with Crippen molar-refractivity contribution in [2.24, 2.45) is 0 Å². The van der Waals surface area contributed by atoms with Gasteiger partial charge in [-0.25, -0.2) is 4.98 Å². The van der Waals surface area contributed by atoms with Gasteiger partial charge in [-0.3, -0.25) is 4.79 Å². The van der Waals surface area contributed by atoms with E-state index in [2.05, 4.69) is 49.7 Å². The number of carbonyl (C=O) groups is 1. The topological polar surface area (TPSA) is 42.4 Å². The highest BCUT2D eigenvalue weighted by Crippen LogP contribution is 2.27. The Kier molecular flexibility index (Phi) is 8.27. The Hall–Kier alpha value is -2.18. The number of ether oxygens (including phenoxy) is 1. The summed E-state index contributed by atoms with van der Waals surface area (Å²) in [6.07, 6.45) is 0.881. The molecule has 1 aromatic heterocycles. The molecule has 0 saturated carbocycles. The van der Waals surface area contributed by atoms with Crippen LogP contribution in [0.5, 0.6) is 5.75 Å². The maximum Gasteiger partial charge on any atom is 0.254 e. The molecular formula is C25H29BrN2O2S. The number of rotatable bonds is 9. The molecule has 1 amide bonds. The van der Waals surface area contributed by atoms with Gasteiger partial charge in [-0.1, -0.05) is 61.0 Å². The van der Waals surface area contributed by atoms with E-state index in [1.165, 1.54) is 5.56 Å². The number of halogens is 1. The normalized spacial score (nSPS) is 12.1. The first-order chi connectivity index (χ1) is 14.9. The smallest absolute Gasteiger partial charge is 0.254 e. The summed E-state index contributed by atoms with van der Waals surface area (Å²) in [6.45, 7) is 9.41. The molecule has 0 aliphatic carbocycles. The van der Waals surface area contributed by atoms with Crippen LogP contribution in [0.25, 0.3) is 0 Å². The summed E-state index contributed by atoms with van der Waals surface area (Å²) in [7, 11) is 0. The summed E-state index contributed by atoms with van der Waals surface area (Å²) < 4.78 is 6.96. The number of thiazole rings is 1. The van der Waals surface area contributed by atoms with Gasteiger partial charge in [0.05, 0.1) is 12.2 Å². The zero-order valence-corrected chi connectivity index (χ0v) is 20.9. The predicted octanol–water partition coefficient (Wildman–Crippen LogP) is 7.05. The summed E-state index contributed by atoms with van der Waals surface area (Å²) >= 11 is 5.03. The Labute approximate surface area is 197 Å². The van der Waals surface area contributed by atoms with Crippen LogP contribution >= 0.6 is 27.3 Å². The van der Waals surface area contributed by atoms with Crippen molar-refractivity contribution in [3.63, 3.8) is 0 Å². The van der Waals surface area contributed by atoms with E-state index in [1.54, 1.807) is 11.3 Å². The lowest BCUT2D eigenvalue weighted by molar-refractivity contribution is 0.0669. The number of hydrogen-bond acceptors (Lipinski definition) is 4. The van der Waals surface area contributed by atoms with Gasteiger partial charge in [0, 0.05) is 21.5 Å². The maximum absolute atomic E-state index is 13.2. The third-order valence-electron chi connectivity index (χ3n) is 5.28. The molecule has 164 valence electrons. The number of hydrogen-bond donors (Lipinski definition) is 0. The Balaban J connectivity index is 1.71. The fraction of sp³-hybridized carbons (Fsp3) is 0.360. The lowest BCUT2D eigenvalue weighted by Crippen LogP contribution is -2.37. The van der Waals surface area contributed by atoms with Crippen molar-refractivity contribution in [1.29, 1.82) is 0 Å². The Morgan fingerprint density at radius 1 is 1.16 bits per heavy atom.